The summed E-state index contributed by atoms with van der Waals surface area (Å²) in [6.45, 7) is 13.6. The number of aromatic nitrogens is 3. The molecule has 0 saturated heterocycles. The smallest absolute Gasteiger partial charge is 0.148 e. The summed E-state index contributed by atoms with van der Waals surface area (Å²) in [5, 5.41) is 13.4. The first-order valence-corrected chi connectivity index (χ1v) is 18.9. The Morgan fingerprint density at radius 2 is 1.20 bits per heavy atom. The van der Waals surface area contributed by atoms with Crippen LogP contribution < -0.4 is 0 Å². The molecule has 0 aliphatic carbocycles. The van der Waals surface area contributed by atoms with Gasteiger partial charge in [0, 0.05) is 33.7 Å². The minimum absolute atomic E-state index is 0.0368. The zero-order valence-electron chi connectivity index (χ0n) is 32.1. The fourth-order valence-electron chi connectivity index (χ4n) is 7.56. The maximum absolute atomic E-state index is 11.4. The molecule has 0 unspecified atom stereocenters. The van der Waals surface area contributed by atoms with Gasteiger partial charge in [0.1, 0.15) is 22.6 Å². The van der Waals surface area contributed by atoms with Crippen molar-refractivity contribution in [2.45, 2.75) is 52.4 Å². The molecule has 9 rings (SSSR count). The second-order valence-electron chi connectivity index (χ2n) is 16.5. The van der Waals surface area contributed by atoms with Crippen molar-refractivity contribution in [2.24, 2.45) is 0 Å². The molecule has 0 aliphatic rings. The molecule has 5 nitrogen and oxygen atoms in total. The third-order valence-electron chi connectivity index (χ3n) is 10.6. The number of phenols is 1. The zero-order chi connectivity index (χ0) is 38.1. The average Bonchev–Trinajstić information content (AvgIpc) is 3.76. The van der Waals surface area contributed by atoms with Crippen molar-refractivity contribution in [3.05, 3.63) is 157 Å². The number of nitrogens with zero attached hydrogens (tertiary/aromatic N) is 3. The lowest BCUT2D eigenvalue weighted by Crippen LogP contribution is -2.16. The highest BCUT2D eigenvalue weighted by Crippen LogP contribution is 2.43. The van der Waals surface area contributed by atoms with Gasteiger partial charge in [0.25, 0.3) is 0 Å². The largest absolute Gasteiger partial charge is 0.507 e. The molecule has 0 saturated carbocycles. The maximum Gasteiger partial charge on any atom is 0.148 e. The highest BCUT2D eigenvalue weighted by molar-refractivity contribution is 6.10. The lowest BCUT2D eigenvalue weighted by atomic mass is 9.79. The number of hydrogen-bond donors (Lipinski definition) is 1. The summed E-state index contributed by atoms with van der Waals surface area (Å²) in [5.74, 6) is 0.116. The van der Waals surface area contributed by atoms with E-state index < -0.39 is 0 Å². The van der Waals surface area contributed by atoms with Crippen molar-refractivity contribution in [1.29, 1.82) is 0 Å². The minimum atomic E-state index is -0.0368. The molecule has 1 N–H and O–H groups in total. The monoisotopic (exact) mass is 717 g/mol. The zero-order valence-corrected chi connectivity index (χ0v) is 32.1. The average molecular weight is 718 g/mol. The number of rotatable bonds is 5. The van der Waals surface area contributed by atoms with E-state index in [-0.39, 0.29) is 16.6 Å². The van der Waals surface area contributed by atoms with E-state index in [1.807, 2.05) is 60.7 Å². The molecule has 0 fully saturated rings. The fraction of sp³-hybridized carbons (Fsp3) is 0.160. The number of fused-ring (bicyclic) bond motifs is 4. The number of imidazole rings is 1. The third kappa shape index (κ3) is 6.16. The predicted octanol–water partition coefficient (Wildman–Crippen LogP) is 13.3. The number of benzene rings is 5. The molecule has 55 heavy (non-hydrogen) atoms. The Morgan fingerprint density at radius 1 is 0.527 bits per heavy atom. The first kappa shape index (κ1) is 34.3. The summed E-state index contributed by atoms with van der Waals surface area (Å²) in [7, 11) is 0. The highest BCUT2D eigenvalue weighted by atomic mass is 16.3. The molecule has 0 radical (unpaired) electrons. The van der Waals surface area contributed by atoms with E-state index in [9.17, 15) is 5.11 Å². The molecule has 0 spiro atoms. The lowest BCUT2D eigenvalue weighted by molar-refractivity contribution is 0.477. The number of phenolic OH excluding ortho intramolecular Hbond substituents is 1. The lowest BCUT2D eigenvalue weighted by Gasteiger charge is -2.26. The number of para-hydroxylation sites is 1. The van der Waals surface area contributed by atoms with E-state index in [2.05, 4.69) is 125 Å². The van der Waals surface area contributed by atoms with Crippen LogP contribution in [0.4, 0.5) is 0 Å². The molecule has 0 bridgehead atoms. The van der Waals surface area contributed by atoms with Gasteiger partial charge < -0.3 is 9.52 Å². The van der Waals surface area contributed by atoms with E-state index in [1.54, 1.807) is 6.07 Å². The van der Waals surface area contributed by atoms with Crippen LogP contribution in [0, 0.1) is 0 Å². The second-order valence-corrected chi connectivity index (χ2v) is 16.5. The highest BCUT2D eigenvalue weighted by Gasteiger charge is 2.25. The van der Waals surface area contributed by atoms with Crippen LogP contribution in [0.3, 0.4) is 0 Å². The van der Waals surface area contributed by atoms with Crippen LogP contribution in [0.5, 0.6) is 5.75 Å². The van der Waals surface area contributed by atoms with Gasteiger partial charge >= 0.3 is 0 Å². The molecule has 5 heteroatoms. The second kappa shape index (κ2) is 12.8. The van der Waals surface area contributed by atoms with Gasteiger partial charge in [-0.25, -0.2) is 9.97 Å². The Morgan fingerprint density at radius 3 is 1.96 bits per heavy atom. The molecule has 270 valence electrons. The van der Waals surface area contributed by atoms with E-state index in [0.29, 0.717) is 16.8 Å². The van der Waals surface area contributed by atoms with Crippen molar-refractivity contribution in [2.75, 3.05) is 0 Å². The molecule has 0 aliphatic heterocycles. The van der Waals surface area contributed by atoms with Gasteiger partial charge in [-0.2, -0.15) is 0 Å². The Kier molecular flexibility index (Phi) is 8.01. The molecule has 0 amide bonds. The third-order valence-corrected chi connectivity index (χ3v) is 10.6. The van der Waals surface area contributed by atoms with Crippen molar-refractivity contribution in [3.63, 3.8) is 0 Å². The van der Waals surface area contributed by atoms with Crippen molar-refractivity contribution in [1.82, 2.24) is 14.4 Å². The van der Waals surface area contributed by atoms with Crippen molar-refractivity contribution < 1.29 is 9.52 Å². The van der Waals surface area contributed by atoms with Gasteiger partial charge in [0.15, 0.2) is 0 Å². The van der Waals surface area contributed by atoms with Gasteiger partial charge in [-0.1, -0.05) is 120 Å². The fourth-order valence-corrected chi connectivity index (χ4v) is 7.56. The van der Waals surface area contributed by atoms with E-state index >= 15 is 0 Å². The number of furan rings is 1. The topological polar surface area (TPSA) is 63.6 Å². The summed E-state index contributed by atoms with van der Waals surface area (Å²) < 4.78 is 8.63. The van der Waals surface area contributed by atoms with Gasteiger partial charge in [-0.15, -0.1) is 0 Å². The number of hydrogen-bond acceptors (Lipinski definition) is 4. The van der Waals surface area contributed by atoms with Gasteiger partial charge in [0.05, 0.1) is 28.3 Å². The van der Waals surface area contributed by atoms with Crippen LogP contribution in [0.2, 0.25) is 0 Å². The Labute approximate surface area is 321 Å². The first-order valence-electron chi connectivity index (χ1n) is 18.9. The van der Waals surface area contributed by atoms with E-state index in [0.717, 1.165) is 66.9 Å². The van der Waals surface area contributed by atoms with Crippen LogP contribution in [-0.2, 0) is 10.8 Å². The minimum Gasteiger partial charge on any atom is -0.507 e. The molecule has 4 aromatic heterocycles. The molecular weight excluding hydrogens is 675 g/mol. The predicted molar refractivity (Wildman–Crippen MR) is 227 cm³/mol. The van der Waals surface area contributed by atoms with E-state index in [4.69, 9.17) is 14.4 Å². The Hall–Kier alpha value is -6.46. The van der Waals surface area contributed by atoms with Crippen LogP contribution in [0.15, 0.2) is 150 Å². The summed E-state index contributed by atoms with van der Waals surface area (Å²) in [6.07, 6.45) is 2.11. The number of pyridine rings is 2. The van der Waals surface area contributed by atoms with Gasteiger partial charge in [0.2, 0.25) is 0 Å². The molecule has 5 aromatic carbocycles. The molecular formula is C50H43N3O2. The first-order chi connectivity index (χ1) is 26.4. The Balaban J connectivity index is 1.26. The van der Waals surface area contributed by atoms with Gasteiger partial charge in [-0.3, -0.25) is 4.40 Å². The van der Waals surface area contributed by atoms with Crippen molar-refractivity contribution in [3.8, 4) is 61.9 Å². The van der Waals surface area contributed by atoms with E-state index in [1.165, 1.54) is 11.1 Å². The van der Waals surface area contributed by atoms with Crippen LogP contribution in [0.1, 0.15) is 52.7 Å². The standard InChI is InChI=1S/C50H43N3O2/c1-49(2,3)36-26-35(27-37(30-36)50(4,5)6)47-46(52-44-21-12-13-24-53(44)47)33-18-14-17-32(25-33)40-28-34(31-15-8-7-9-16-31)29-41(51-40)45-42(54)23-22-39-38-19-10-11-20-43(38)55-48(39)45/h7-30,54H,1-6H3. The summed E-state index contributed by atoms with van der Waals surface area (Å²) in [5.41, 5.74) is 13.8. The quantitative estimate of drug-likeness (QED) is 0.192. The van der Waals surface area contributed by atoms with Gasteiger partial charge in [-0.05, 0) is 93.7 Å². The SMILES string of the molecule is CC(C)(C)c1cc(-c2c(-c3cccc(-c4cc(-c5ccccc5)cc(-c5c(O)ccc6c5oc5ccccc56)n4)c3)nc3ccccn23)cc(C(C)(C)C)c1. The number of aromatic hydroxyl groups is 1. The van der Waals surface area contributed by atoms with Crippen LogP contribution in [0.25, 0.3) is 83.7 Å². The summed E-state index contributed by atoms with van der Waals surface area (Å²) in [6, 6.07) is 47.8. The Bertz CT molecular complexity index is 2870. The molecule has 4 heterocycles. The molecule has 0 atom stereocenters. The van der Waals surface area contributed by atoms with Crippen LogP contribution in [-0.4, -0.2) is 19.5 Å². The van der Waals surface area contributed by atoms with Crippen molar-refractivity contribution >= 4 is 27.6 Å². The summed E-state index contributed by atoms with van der Waals surface area (Å²) >= 11 is 0. The molecule has 9 aromatic rings. The maximum atomic E-state index is 11.4. The summed E-state index contributed by atoms with van der Waals surface area (Å²) in [4.78, 5) is 10.5. The normalized spacial score (nSPS) is 12.3. The van der Waals surface area contributed by atoms with Crippen LogP contribution >= 0.6 is 0 Å².